The number of allylic oxidation sites excluding steroid dienone is 3. The Balaban J connectivity index is 1.04. The molecule has 7 fully saturated rings. The van der Waals surface area contributed by atoms with E-state index in [-0.39, 0.29) is 30.5 Å². The van der Waals surface area contributed by atoms with Crippen molar-refractivity contribution in [3.8, 4) is 0 Å². The predicted molar refractivity (Wildman–Crippen MR) is 264 cm³/mol. The van der Waals surface area contributed by atoms with Gasteiger partial charge in [-0.05, 0) is 91.9 Å². The number of hydrogen-bond donors (Lipinski definition) is 15. The zero-order valence-electron chi connectivity index (χ0n) is 45.2. The summed E-state index contributed by atoms with van der Waals surface area (Å²) in [7, 11) is 0. The van der Waals surface area contributed by atoms with Crippen LogP contribution >= 0.6 is 0 Å². The van der Waals surface area contributed by atoms with E-state index in [4.69, 9.17) is 37.9 Å². The minimum atomic E-state index is -1.93. The van der Waals surface area contributed by atoms with Crippen LogP contribution in [-0.4, -0.2) is 245 Å². The Labute approximate surface area is 448 Å². The van der Waals surface area contributed by atoms with Gasteiger partial charge in [0.25, 0.3) is 0 Å². The Morgan fingerprint density at radius 1 is 0.519 bits per heavy atom. The maximum Gasteiger partial charge on any atom is 0.187 e. The van der Waals surface area contributed by atoms with Gasteiger partial charge in [-0.25, -0.2) is 0 Å². The summed E-state index contributed by atoms with van der Waals surface area (Å²) in [6.07, 6.45) is -24.9. The molecule has 442 valence electrons. The van der Waals surface area contributed by atoms with Gasteiger partial charge in [0.1, 0.15) is 91.6 Å². The average Bonchev–Trinajstić information content (AvgIpc) is 3.59. The second-order valence-corrected chi connectivity index (χ2v) is 25.9. The topological polar surface area (TPSA) is 377 Å². The van der Waals surface area contributed by atoms with Crippen LogP contribution in [0.4, 0.5) is 0 Å². The molecule has 77 heavy (non-hydrogen) atoms. The predicted octanol–water partition coefficient (Wildman–Crippen LogP) is -2.67. The second-order valence-electron chi connectivity index (χ2n) is 25.9. The fraction of sp³-hybridized carbons (Fsp3) is 0.926. The highest BCUT2D eigenvalue weighted by Crippen LogP contribution is 2.75. The molecule has 9 rings (SSSR count). The van der Waals surface area contributed by atoms with Crippen LogP contribution in [0, 0.1) is 44.3 Å². The molecular weight excluding hydrogens is 1020 g/mol. The molecule has 0 aromatic rings. The van der Waals surface area contributed by atoms with E-state index in [9.17, 15) is 76.6 Å². The lowest BCUT2D eigenvalue weighted by Crippen LogP contribution is -2.68. The van der Waals surface area contributed by atoms with Gasteiger partial charge in [-0.15, -0.1) is 0 Å². The van der Waals surface area contributed by atoms with Crippen molar-refractivity contribution in [2.24, 2.45) is 44.3 Å². The van der Waals surface area contributed by atoms with Crippen molar-refractivity contribution in [2.75, 3.05) is 33.0 Å². The van der Waals surface area contributed by atoms with Crippen LogP contribution in [0.5, 0.6) is 0 Å². The van der Waals surface area contributed by atoms with E-state index in [2.05, 4.69) is 46.8 Å². The van der Waals surface area contributed by atoms with Crippen LogP contribution in [0.15, 0.2) is 23.3 Å². The van der Waals surface area contributed by atoms with Crippen molar-refractivity contribution in [3.05, 3.63) is 23.3 Å². The van der Waals surface area contributed by atoms with Gasteiger partial charge in [0.2, 0.25) is 0 Å². The van der Waals surface area contributed by atoms with Gasteiger partial charge < -0.3 is 114 Å². The van der Waals surface area contributed by atoms with Gasteiger partial charge in [0.05, 0.1) is 51.3 Å². The first-order valence-electron chi connectivity index (χ1n) is 27.7. The third-order valence-corrected chi connectivity index (χ3v) is 21.1. The second kappa shape index (κ2) is 22.0. The van der Waals surface area contributed by atoms with E-state index in [1.54, 1.807) is 0 Å². The minimum Gasteiger partial charge on any atom is -0.396 e. The number of aliphatic hydroxyl groups excluding tert-OH is 15. The first-order chi connectivity index (χ1) is 36.1. The Morgan fingerprint density at radius 2 is 1.03 bits per heavy atom. The van der Waals surface area contributed by atoms with Gasteiger partial charge >= 0.3 is 0 Å². The normalized spacial score (nSPS) is 54.7. The lowest BCUT2D eigenvalue weighted by atomic mass is 9.35. The number of fused-ring (bicyclic) bond motifs is 6. The third-order valence-electron chi connectivity index (χ3n) is 21.1. The zero-order chi connectivity index (χ0) is 56.3. The van der Waals surface area contributed by atoms with Crippen molar-refractivity contribution < 1.29 is 114 Å². The summed E-state index contributed by atoms with van der Waals surface area (Å²) >= 11 is 0. The number of hydrogen-bond acceptors (Lipinski definition) is 23. The monoisotopic (exact) mass is 1100 g/mol. The summed E-state index contributed by atoms with van der Waals surface area (Å²) < 4.78 is 50.1. The molecule has 29 unspecified atom stereocenters. The van der Waals surface area contributed by atoms with E-state index in [1.807, 2.05) is 6.92 Å². The summed E-state index contributed by atoms with van der Waals surface area (Å²) in [5.74, 6) is -0.326. The molecule has 29 atom stereocenters. The lowest BCUT2D eigenvalue weighted by Gasteiger charge is -2.70. The molecule has 4 saturated heterocycles. The average molecular weight is 1110 g/mol. The van der Waals surface area contributed by atoms with E-state index in [1.165, 1.54) is 6.92 Å². The van der Waals surface area contributed by atoms with Crippen LogP contribution in [0.25, 0.3) is 0 Å². The largest absolute Gasteiger partial charge is 0.396 e. The van der Waals surface area contributed by atoms with Gasteiger partial charge in [0, 0.05) is 16.2 Å². The maximum atomic E-state index is 11.8. The van der Waals surface area contributed by atoms with Crippen LogP contribution < -0.4 is 0 Å². The highest BCUT2D eigenvalue weighted by molar-refractivity contribution is 5.47. The van der Waals surface area contributed by atoms with Crippen molar-refractivity contribution >= 4 is 0 Å². The molecule has 0 bridgehead atoms. The molecule has 0 spiro atoms. The van der Waals surface area contributed by atoms with Crippen LogP contribution in [0.1, 0.15) is 99.8 Å². The number of aliphatic hydroxyl groups is 15. The smallest absolute Gasteiger partial charge is 0.187 e. The van der Waals surface area contributed by atoms with E-state index < -0.39 is 182 Å². The first kappa shape index (κ1) is 60.2. The third kappa shape index (κ3) is 9.66. The molecule has 0 amide bonds. The molecule has 23 heteroatoms. The fourth-order valence-corrected chi connectivity index (χ4v) is 16.0. The van der Waals surface area contributed by atoms with E-state index in [0.29, 0.717) is 44.9 Å². The Hall–Kier alpha value is -1.44. The van der Waals surface area contributed by atoms with Crippen LogP contribution in [0.2, 0.25) is 0 Å². The molecule has 0 aromatic carbocycles. The summed E-state index contributed by atoms with van der Waals surface area (Å²) in [5.41, 5.74) is -1.39. The van der Waals surface area contributed by atoms with Crippen LogP contribution in [0.3, 0.4) is 0 Å². The molecule has 15 N–H and O–H groups in total. The van der Waals surface area contributed by atoms with Gasteiger partial charge in [-0.2, -0.15) is 0 Å². The maximum absolute atomic E-state index is 11.8. The minimum absolute atomic E-state index is 0.110. The molecular formula is C54H88O23. The zero-order valence-corrected chi connectivity index (χ0v) is 45.2. The van der Waals surface area contributed by atoms with Gasteiger partial charge in [-0.3, -0.25) is 0 Å². The quantitative estimate of drug-likeness (QED) is 0.0836. The SMILES string of the molecule is CC1OC(OC2CCC3(C)C(CCC4(C)C3C=CC3=C5CC(C)(C)CCC5(CO)C(OC5OC(CO)C(O)C(O)C5O)CC34C)C2(C)CO)C(OC2OC(CO)C(O)C(O)C2O)C(OC2OC(CO)C(O)C(O)C2O)C1O. The molecule has 3 saturated carbocycles. The van der Waals surface area contributed by atoms with Crippen molar-refractivity contribution in [1.82, 2.24) is 0 Å². The Bertz CT molecular complexity index is 2130. The molecule has 4 heterocycles. The lowest BCUT2D eigenvalue weighted by molar-refractivity contribution is -0.398. The standard InChI is InChI=1S/C54H88O23/c1-23-33(60)43(76-46-41(68)38(65)35(62)27(19-56)72-46)44(77-47-42(69)39(66)36(63)28(20-57)73-47)48(70-23)74-31-11-12-50(4)29(51(31,5)21-58)10-13-52(6)30(50)9-8-24-25-16-49(2,3)14-15-54(25,22-59)32(17-53(24,52)7)75-45-40(67)37(64)34(61)26(18-55)71-45/h8-9,23,26-48,55-69H,10-22H2,1-7H3. The highest BCUT2D eigenvalue weighted by Gasteiger charge is 2.70. The number of ether oxygens (including phenoxy) is 8. The molecule has 9 aliphatic rings. The van der Waals surface area contributed by atoms with E-state index in [0.717, 1.165) is 17.6 Å². The molecule has 4 aliphatic heterocycles. The van der Waals surface area contributed by atoms with Crippen molar-refractivity contribution in [2.45, 2.75) is 235 Å². The summed E-state index contributed by atoms with van der Waals surface area (Å²) in [6, 6.07) is 0. The van der Waals surface area contributed by atoms with E-state index >= 15 is 0 Å². The molecule has 0 aromatic heterocycles. The van der Waals surface area contributed by atoms with Gasteiger partial charge in [-0.1, -0.05) is 59.3 Å². The first-order valence-corrected chi connectivity index (χ1v) is 27.7. The molecule has 0 radical (unpaired) electrons. The van der Waals surface area contributed by atoms with Gasteiger partial charge in [0.15, 0.2) is 25.2 Å². The Kier molecular flexibility index (Phi) is 17.2. The Morgan fingerprint density at radius 3 is 1.53 bits per heavy atom. The fourth-order valence-electron chi connectivity index (χ4n) is 16.0. The van der Waals surface area contributed by atoms with Crippen LogP contribution in [-0.2, 0) is 37.9 Å². The summed E-state index contributed by atoms with van der Waals surface area (Å²) in [4.78, 5) is 0. The van der Waals surface area contributed by atoms with Crippen molar-refractivity contribution in [1.29, 1.82) is 0 Å². The highest BCUT2D eigenvalue weighted by atomic mass is 16.8. The summed E-state index contributed by atoms with van der Waals surface area (Å²) in [6.45, 7) is 11.9. The number of rotatable bonds is 13. The van der Waals surface area contributed by atoms with Crippen molar-refractivity contribution in [3.63, 3.8) is 0 Å². The molecule has 23 nitrogen and oxygen atoms in total. The summed E-state index contributed by atoms with van der Waals surface area (Å²) in [5, 5.41) is 163. The molecule has 5 aliphatic carbocycles.